The second-order valence-electron chi connectivity index (χ2n) is 6.05. The number of benzene rings is 1. The van der Waals surface area contributed by atoms with Crippen LogP contribution in [0.15, 0.2) is 46.5 Å². The van der Waals surface area contributed by atoms with Gasteiger partial charge in [-0.1, -0.05) is 6.08 Å². The molecular weight excluding hydrogens is 406 g/mol. The van der Waals surface area contributed by atoms with Gasteiger partial charge in [-0.25, -0.2) is 14.3 Å². The molecule has 3 rings (SSSR count). The Balaban J connectivity index is 2.28. The van der Waals surface area contributed by atoms with Gasteiger partial charge in [-0.15, -0.1) is 6.58 Å². The summed E-state index contributed by atoms with van der Waals surface area (Å²) in [5.74, 6) is -1.21. The second-order valence-corrected chi connectivity index (χ2v) is 6.05. The van der Waals surface area contributed by atoms with E-state index < -0.39 is 35.1 Å². The lowest BCUT2D eigenvalue weighted by Gasteiger charge is -2.14. The van der Waals surface area contributed by atoms with Crippen LogP contribution in [0.25, 0.3) is 16.7 Å². The van der Waals surface area contributed by atoms with Crippen molar-refractivity contribution in [3.63, 3.8) is 0 Å². The highest BCUT2D eigenvalue weighted by molar-refractivity contribution is 5.78. The van der Waals surface area contributed by atoms with Crippen LogP contribution in [0.3, 0.4) is 0 Å². The number of nitrogens with zero attached hydrogens (tertiary/aromatic N) is 4. The van der Waals surface area contributed by atoms with E-state index in [9.17, 15) is 35.9 Å². The SMILES string of the molecule is C=CCn1c(C(F)(F)F)nc2cc(-n3c(=O)cc(C(F)(F)F)n(C)c3=O)ccc21. The lowest BCUT2D eigenvalue weighted by atomic mass is 10.2. The van der Waals surface area contributed by atoms with Gasteiger partial charge in [0.2, 0.25) is 5.82 Å². The molecule has 154 valence electrons. The lowest BCUT2D eigenvalue weighted by Crippen LogP contribution is -2.40. The van der Waals surface area contributed by atoms with E-state index in [1.807, 2.05) is 0 Å². The summed E-state index contributed by atoms with van der Waals surface area (Å²) in [6.07, 6.45) is -8.47. The fourth-order valence-corrected chi connectivity index (χ4v) is 2.92. The Kier molecular flexibility index (Phi) is 4.67. The van der Waals surface area contributed by atoms with Crippen LogP contribution < -0.4 is 11.2 Å². The Morgan fingerprint density at radius 2 is 1.72 bits per heavy atom. The third kappa shape index (κ3) is 3.45. The fourth-order valence-electron chi connectivity index (χ4n) is 2.92. The first-order valence-corrected chi connectivity index (χ1v) is 7.95. The highest BCUT2D eigenvalue weighted by atomic mass is 19.4. The van der Waals surface area contributed by atoms with Gasteiger partial charge >= 0.3 is 18.0 Å². The lowest BCUT2D eigenvalue weighted by molar-refractivity contribution is -0.146. The van der Waals surface area contributed by atoms with Crippen molar-refractivity contribution >= 4 is 11.0 Å². The third-order valence-corrected chi connectivity index (χ3v) is 4.17. The summed E-state index contributed by atoms with van der Waals surface area (Å²) < 4.78 is 80.1. The molecule has 0 spiro atoms. The highest BCUT2D eigenvalue weighted by Crippen LogP contribution is 2.32. The molecule has 0 fully saturated rings. The zero-order chi connectivity index (χ0) is 21.7. The summed E-state index contributed by atoms with van der Waals surface area (Å²) in [5, 5.41) is 0. The first kappa shape index (κ1) is 20.4. The van der Waals surface area contributed by atoms with Crippen LogP contribution in [0.1, 0.15) is 11.5 Å². The Labute approximate surface area is 157 Å². The molecule has 0 bridgehead atoms. The number of halogens is 6. The van der Waals surface area contributed by atoms with Crippen LogP contribution in [-0.2, 0) is 25.9 Å². The molecule has 0 unspecified atom stereocenters. The third-order valence-electron chi connectivity index (χ3n) is 4.17. The summed E-state index contributed by atoms with van der Waals surface area (Å²) in [6.45, 7) is 3.19. The minimum Gasteiger partial charge on any atom is -0.316 e. The predicted octanol–water partition coefficient (Wildman–Crippen LogP) is 3.11. The minimum atomic E-state index is -4.93. The van der Waals surface area contributed by atoms with Crippen LogP contribution in [0.2, 0.25) is 0 Å². The molecule has 29 heavy (non-hydrogen) atoms. The standard InChI is InChI=1S/C17H12F6N4O2/c1-3-6-26-11-5-4-9(7-10(11)24-14(26)17(21,22)23)27-13(28)8-12(16(18,19)20)25(2)15(27)29/h3-5,7-8H,1,6H2,2H3. The topological polar surface area (TPSA) is 61.8 Å². The van der Waals surface area contributed by atoms with Gasteiger partial charge in [0.15, 0.2) is 0 Å². The fraction of sp³-hybridized carbons (Fsp3) is 0.235. The Bertz CT molecular complexity index is 1230. The minimum absolute atomic E-state index is 0.0535. The van der Waals surface area contributed by atoms with Crippen LogP contribution in [0, 0.1) is 0 Å². The molecule has 0 aliphatic heterocycles. The van der Waals surface area contributed by atoms with Crippen LogP contribution in [0.5, 0.6) is 0 Å². The first-order valence-electron chi connectivity index (χ1n) is 7.95. The van der Waals surface area contributed by atoms with Crippen molar-refractivity contribution in [1.29, 1.82) is 0 Å². The second kappa shape index (κ2) is 6.64. The van der Waals surface area contributed by atoms with Crippen LogP contribution in [0.4, 0.5) is 26.3 Å². The van der Waals surface area contributed by atoms with Gasteiger partial charge in [0.25, 0.3) is 5.56 Å². The van der Waals surface area contributed by atoms with Crippen LogP contribution in [-0.4, -0.2) is 18.7 Å². The zero-order valence-electron chi connectivity index (χ0n) is 14.7. The van der Waals surface area contributed by atoms with Gasteiger partial charge in [-0.05, 0) is 18.2 Å². The number of rotatable bonds is 3. The average molecular weight is 418 g/mol. The summed E-state index contributed by atoms with van der Waals surface area (Å²) in [6, 6.07) is 3.61. The van der Waals surface area contributed by atoms with Crippen molar-refractivity contribution in [2.45, 2.75) is 18.9 Å². The van der Waals surface area contributed by atoms with Gasteiger partial charge in [0.1, 0.15) is 5.69 Å². The molecular formula is C17H12F6N4O2. The van der Waals surface area contributed by atoms with Gasteiger partial charge in [-0.2, -0.15) is 26.3 Å². The number of allylic oxidation sites excluding steroid dienone is 1. The van der Waals surface area contributed by atoms with Gasteiger partial charge < -0.3 is 4.57 Å². The summed E-state index contributed by atoms with van der Waals surface area (Å²) in [5.41, 5.74) is -4.37. The molecule has 2 aromatic heterocycles. The van der Waals surface area contributed by atoms with Crippen molar-refractivity contribution < 1.29 is 26.3 Å². The maximum absolute atomic E-state index is 13.2. The summed E-state index contributed by atoms with van der Waals surface area (Å²) in [4.78, 5) is 28.0. The quantitative estimate of drug-likeness (QED) is 0.485. The van der Waals surface area contributed by atoms with Gasteiger partial charge in [-0.3, -0.25) is 9.36 Å². The molecule has 0 aliphatic carbocycles. The van der Waals surface area contributed by atoms with Gasteiger partial charge in [0.05, 0.1) is 16.7 Å². The molecule has 12 heteroatoms. The number of fused-ring (bicyclic) bond motifs is 1. The number of aromatic nitrogens is 4. The zero-order valence-corrected chi connectivity index (χ0v) is 14.7. The van der Waals surface area contributed by atoms with Crippen molar-refractivity contribution in [2.24, 2.45) is 7.05 Å². The monoisotopic (exact) mass is 418 g/mol. The molecule has 6 nitrogen and oxygen atoms in total. The predicted molar refractivity (Wildman–Crippen MR) is 90.8 cm³/mol. The first-order chi connectivity index (χ1) is 13.4. The molecule has 0 saturated carbocycles. The molecule has 1 aromatic carbocycles. The largest absolute Gasteiger partial charge is 0.449 e. The normalized spacial score (nSPS) is 12.5. The highest BCUT2D eigenvalue weighted by Gasteiger charge is 2.38. The van der Waals surface area contributed by atoms with Crippen molar-refractivity contribution in [3.05, 3.63) is 69.3 Å². The Morgan fingerprint density at radius 3 is 2.28 bits per heavy atom. The van der Waals surface area contributed by atoms with E-state index in [1.165, 1.54) is 12.1 Å². The Morgan fingerprint density at radius 1 is 1.07 bits per heavy atom. The molecule has 2 heterocycles. The van der Waals surface area contributed by atoms with Crippen molar-refractivity contribution in [2.75, 3.05) is 0 Å². The summed E-state index contributed by atoms with van der Waals surface area (Å²) in [7, 11) is 0.834. The number of imidazole rings is 1. The Hall–Kier alpha value is -3.31. The van der Waals surface area contributed by atoms with E-state index in [2.05, 4.69) is 11.6 Å². The molecule has 0 saturated heterocycles. The molecule has 0 radical (unpaired) electrons. The van der Waals surface area contributed by atoms with Gasteiger partial charge in [0, 0.05) is 19.7 Å². The number of alkyl halides is 6. The molecule has 0 aliphatic rings. The molecule has 0 atom stereocenters. The number of hydrogen-bond donors (Lipinski definition) is 0. The van der Waals surface area contributed by atoms with E-state index in [4.69, 9.17) is 0 Å². The van der Waals surface area contributed by atoms with E-state index in [0.29, 0.717) is 4.57 Å². The number of hydrogen-bond acceptors (Lipinski definition) is 3. The van der Waals surface area contributed by atoms with E-state index in [-0.39, 0.29) is 33.9 Å². The van der Waals surface area contributed by atoms with E-state index in [1.54, 1.807) is 0 Å². The van der Waals surface area contributed by atoms with Crippen molar-refractivity contribution in [1.82, 2.24) is 18.7 Å². The molecule has 3 aromatic rings. The molecule has 0 amide bonds. The maximum atomic E-state index is 13.2. The van der Waals surface area contributed by atoms with Crippen LogP contribution >= 0.6 is 0 Å². The smallest absolute Gasteiger partial charge is 0.316 e. The van der Waals surface area contributed by atoms with E-state index in [0.717, 1.165) is 23.7 Å². The average Bonchev–Trinajstić information content (AvgIpc) is 2.96. The molecule has 0 N–H and O–H groups in total. The summed E-state index contributed by atoms with van der Waals surface area (Å²) >= 11 is 0. The van der Waals surface area contributed by atoms with Crippen molar-refractivity contribution in [3.8, 4) is 5.69 Å². The van der Waals surface area contributed by atoms with E-state index >= 15 is 0 Å². The maximum Gasteiger partial charge on any atom is 0.449 e.